The summed E-state index contributed by atoms with van der Waals surface area (Å²) in [6, 6.07) is 0. The van der Waals surface area contributed by atoms with Crippen LogP contribution in [0.5, 0.6) is 0 Å². The molecule has 0 aliphatic rings. The van der Waals surface area contributed by atoms with Crippen LogP contribution in [-0.2, 0) is 6.54 Å². The number of aryl methyl sites for hydroxylation is 1. The van der Waals surface area contributed by atoms with Gasteiger partial charge in [0, 0.05) is 6.54 Å². The lowest BCUT2D eigenvalue weighted by atomic mass is 10.7. The van der Waals surface area contributed by atoms with Crippen molar-refractivity contribution in [2.24, 2.45) is 5.73 Å². The van der Waals surface area contributed by atoms with Crippen LogP contribution in [0.1, 0.15) is 23.9 Å². The molecule has 0 radical (unpaired) electrons. The van der Waals surface area contributed by atoms with Gasteiger partial charge in [-0.05, 0) is 6.92 Å². The lowest BCUT2D eigenvalue weighted by molar-refractivity contribution is 0.945. The molecule has 0 aliphatic heterocycles. The maximum Gasteiger partial charge on any atom is 0.131 e. The topological polar surface area (TPSA) is 51.8 Å². The molecular weight excluding hydrogens is 146 g/mol. The largest absolute Gasteiger partial charge is 0.324 e. The maximum atomic E-state index is 5.27. The number of nitrogens with two attached hydrogens (primary N) is 1. The highest BCUT2D eigenvalue weighted by molar-refractivity contribution is 7.11. The monoisotopic (exact) mass is 159 g/mol. The van der Waals surface area contributed by atoms with Gasteiger partial charge in [0.05, 0.1) is 0 Å². The summed E-state index contributed by atoms with van der Waals surface area (Å²) in [6.45, 7) is 6.42. The van der Waals surface area contributed by atoms with Gasteiger partial charge in [0.25, 0.3) is 0 Å². The third-order valence-corrected chi connectivity index (χ3v) is 1.60. The molecule has 0 atom stereocenters. The number of hydrogen-bond donors (Lipinski definition) is 1. The summed E-state index contributed by atoms with van der Waals surface area (Å²) in [5.41, 5.74) is 5.27. The molecule has 0 fully saturated rings. The molecule has 10 heavy (non-hydrogen) atoms. The fourth-order valence-electron chi connectivity index (χ4n) is 0.420. The van der Waals surface area contributed by atoms with E-state index < -0.39 is 0 Å². The van der Waals surface area contributed by atoms with Crippen molar-refractivity contribution in [3.05, 3.63) is 10.0 Å². The van der Waals surface area contributed by atoms with E-state index in [0.29, 0.717) is 6.54 Å². The lowest BCUT2D eigenvalue weighted by Crippen LogP contribution is -1.94. The molecule has 0 saturated heterocycles. The van der Waals surface area contributed by atoms with Crippen LogP contribution >= 0.6 is 11.3 Å². The Morgan fingerprint density at radius 2 is 2.00 bits per heavy atom. The highest BCUT2D eigenvalue weighted by atomic mass is 32.1. The summed E-state index contributed by atoms with van der Waals surface area (Å²) in [7, 11) is 0. The Hall–Kier alpha value is -0.480. The maximum absolute atomic E-state index is 5.27. The van der Waals surface area contributed by atoms with Crippen molar-refractivity contribution in [1.82, 2.24) is 10.2 Å². The molecule has 0 unspecified atom stereocenters. The van der Waals surface area contributed by atoms with Gasteiger partial charge in [-0.25, -0.2) is 0 Å². The molecule has 1 rings (SSSR count). The fourth-order valence-corrected chi connectivity index (χ4v) is 1.01. The summed E-state index contributed by atoms with van der Waals surface area (Å²) in [5, 5.41) is 9.44. The van der Waals surface area contributed by atoms with E-state index in [1.807, 2.05) is 20.8 Å². The zero-order valence-corrected chi connectivity index (χ0v) is 7.40. The second-order valence-electron chi connectivity index (χ2n) is 1.42. The van der Waals surface area contributed by atoms with E-state index in [2.05, 4.69) is 10.2 Å². The van der Waals surface area contributed by atoms with Crippen molar-refractivity contribution in [1.29, 1.82) is 0 Å². The second-order valence-corrected chi connectivity index (χ2v) is 2.69. The van der Waals surface area contributed by atoms with Crippen LogP contribution in [0.4, 0.5) is 0 Å². The molecule has 1 aromatic rings. The van der Waals surface area contributed by atoms with Crippen molar-refractivity contribution in [2.75, 3.05) is 0 Å². The predicted octanol–water partition coefficient (Wildman–Crippen LogP) is 1.33. The van der Waals surface area contributed by atoms with Crippen LogP contribution in [0.15, 0.2) is 0 Å². The number of hydrogen-bond acceptors (Lipinski definition) is 4. The first kappa shape index (κ1) is 9.52. The van der Waals surface area contributed by atoms with Gasteiger partial charge in [0.1, 0.15) is 10.0 Å². The molecule has 2 N–H and O–H groups in total. The van der Waals surface area contributed by atoms with Gasteiger partial charge in [0.15, 0.2) is 0 Å². The zero-order valence-electron chi connectivity index (χ0n) is 6.59. The van der Waals surface area contributed by atoms with Crippen LogP contribution in [0.2, 0.25) is 0 Å². The Labute approximate surface area is 65.3 Å². The average molecular weight is 159 g/mol. The van der Waals surface area contributed by atoms with E-state index in [9.17, 15) is 0 Å². The zero-order chi connectivity index (χ0) is 7.98. The highest BCUT2D eigenvalue weighted by Gasteiger charge is 1.93. The molecule has 4 heteroatoms. The summed E-state index contributed by atoms with van der Waals surface area (Å²) in [5.74, 6) is 0. The number of rotatable bonds is 1. The minimum atomic E-state index is 0.505. The van der Waals surface area contributed by atoms with E-state index in [-0.39, 0.29) is 0 Å². The normalized spacial score (nSPS) is 8.40. The Morgan fingerprint density at radius 3 is 2.20 bits per heavy atom. The molecule has 0 spiro atoms. The van der Waals surface area contributed by atoms with Crippen molar-refractivity contribution in [2.45, 2.75) is 27.3 Å². The highest BCUT2D eigenvalue weighted by Crippen LogP contribution is 2.05. The molecule has 0 amide bonds. The first-order valence-corrected chi connectivity index (χ1v) is 4.13. The number of nitrogens with zero attached hydrogens (tertiary/aromatic N) is 2. The molecule has 58 valence electrons. The Bertz CT molecular complexity index is 173. The Morgan fingerprint density at radius 1 is 1.40 bits per heavy atom. The summed E-state index contributed by atoms with van der Waals surface area (Å²) < 4.78 is 0. The van der Waals surface area contributed by atoms with Crippen molar-refractivity contribution >= 4 is 11.3 Å². The van der Waals surface area contributed by atoms with Crippen molar-refractivity contribution < 1.29 is 0 Å². The minimum absolute atomic E-state index is 0.505. The predicted molar refractivity (Wildman–Crippen MR) is 43.9 cm³/mol. The third-order valence-electron chi connectivity index (χ3n) is 0.742. The first-order valence-electron chi connectivity index (χ1n) is 3.32. The van der Waals surface area contributed by atoms with E-state index in [0.717, 1.165) is 10.0 Å². The molecule has 1 aromatic heterocycles. The van der Waals surface area contributed by atoms with Crippen molar-refractivity contribution in [3.8, 4) is 0 Å². The third kappa shape index (κ3) is 2.89. The molecule has 0 aliphatic carbocycles. The Balaban J connectivity index is 0.000000371. The van der Waals surface area contributed by atoms with E-state index in [4.69, 9.17) is 5.73 Å². The lowest BCUT2D eigenvalue weighted by Gasteiger charge is -1.76. The summed E-state index contributed by atoms with van der Waals surface area (Å²) in [4.78, 5) is 0. The SMILES string of the molecule is CC.Cc1nnc(CN)s1. The van der Waals surface area contributed by atoms with E-state index >= 15 is 0 Å². The average Bonchev–Trinajstić information content (AvgIpc) is 2.40. The quantitative estimate of drug-likeness (QED) is 0.672. The standard InChI is InChI=1S/C4H7N3S.C2H6/c1-3-6-7-4(2-5)8-3;1-2/h2,5H2,1H3;1-2H3. The van der Waals surface area contributed by atoms with Gasteiger partial charge in [-0.2, -0.15) is 0 Å². The van der Waals surface area contributed by atoms with Crippen molar-refractivity contribution in [3.63, 3.8) is 0 Å². The molecule has 0 aromatic carbocycles. The molecule has 1 heterocycles. The van der Waals surface area contributed by atoms with Gasteiger partial charge in [-0.1, -0.05) is 13.8 Å². The molecule has 0 bridgehead atoms. The molecule has 3 nitrogen and oxygen atoms in total. The summed E-state index contributed by atoms with van der Waals surface area (Å²) >= 11 is 1.54. The van der Waals surface area contributed by atoms with Crippen LogP contribution in [0.25, 0.3) is 0 Å². The van der Waals surface area contributed by atoms with E-state index in [1.165, 1.54) is 0 Å². The van der Waals surface area contributed by atoms with Gasteiger partial charge < -0.3 is 5.73 Å². The van der Waals surface area contributed by atoms with Crippen LogP contribution in [0, 0.1) is 6.92 Å². The number of aromatic nitrogens is 2. The fraction of sp³-hybridized carbons (Fsp3) is 0.667. The first-order chi connectivity index (χ1) is 4.83. The van der Waals surface area contributed by atoms with Gasteiger partial charge in [-0.15, -0.1) is 21.5 Å². The summed E-state index contributed by atoms with van der Waals surface area (Å²) in [6.07, 6.45) is 0. The molecular formula is C6H13N3S. The smallest absolute Gasteiger partial charge is 0.131 e. The van der Waals surface area contributed by atoms with Crippen LogP contribution in [0.3, 0.4) is 0 Å². The minimum Gasteiger partial charge on any atom is -0.324 e. The molecule has 0 saturated carbocycles. The van der Waals surface area contributed by atoms with Gasteiger partial charge in [-0.3, -0.25) is 0 Å². The van der Waals surface area contributed by atoms with Crippen LogP contribution in [-0.4, -0.2) is 10.2 Å². The van der Waals surface area contributed by atoms with Gasteiger partial charge >= 0.3 is 0 Å². The second kappa shape index (κ2) is 5.32. The van der Waals surface area contributed by atoms with E-state index in [1.54, 1.807) is 11.3 Å². The Kier molecular flexibility index (Phi) is 5.06. The van der Waals surface area contributed by atoms with Crippen LogP contribution < -0.4 is 5.73 Å². The van der Waals surface area contributed by atoms with Gasteiger partial charge in [0.2, 0.25) is 0 Å².